The van der Waals surface area contributed by atoms with Crippen LogP contribution in [-0.2, 0) is 22.7 Å². The summed E-state index contributed by atoms with van der Waals surface area (Å²) in [6.07, 6.45) is 3.58. The van der Waals surface area contributed by atoms with Gasteiger partial charge in [0.15, 0.2) is 0 Å². The molecule has 1 aliphatic rings. The number of imide groups is 1. The summed E-state index contributed by atoms with van der Waals surface area (Å²) in [5, 5.41) is 3.25. The third-order valence-corrected chi connectivity index (χ3v) is 3.39. The van der Waals surface area contributed by atoms with Crippen LogP contribution in [0.2, 0.25) is 0 Å². The lowest BCUT2D eigenvalue weighted by Crippen LogP contribution is -2.34. The van der Waals surface area contributed by atoms with Gasteiger partial charge in [0, 0.05) is 12.8 Å². The summed E-state index contributed by atoms with van der Waals surface area (Å²) in [5.41, 5.74) is 0. The molecule has 2 rings (SSSR count). The maximum Gasteiger partial charge on any atom is 0.229 e. The molecule has 1 aromatic rings. The molecule has 0 radical (unpaired) electrons. The fourth-order valence-corrected chi connectivity index (χ4v) is 2.28. The third kappa shape index (κ3) is 3.93. The van der Waals surface area contributed by atoms with Crippen LogP contribution in [0.1, 0.15) is 50.5 Å². The van der Waals surface area contributed by atoms with E-state index in [1.165, 1.54) is 4.90 Å². The van der Waals surface area contributed by atoms with Gasteiger partial charge < -0.3 is 9.73 Å². The normalized spacial score (nSPS) is 16.6. The van der Waals surface area contributed by atoms with E-state index in [0.717, 1.165) is 31.6 Å². The summed E-state index contributed by atoms with van der Waals surface area (Å²) < 4.78 is 5.66. The van der Waals surface area contributed by atoms with Crippen molar-refractivity contribution in [2.75, 3.05) is 6.54 Å². The maximum atomic E-state index is 11.9. The minimum atomic E-state index is -0.0884. The van der Waals surface area contributed by atoms with Gasteiger partial charge in [0.2, 0.25) is 11.8 Å². The lowest BCUT2D eigenvalue weighted by atomic mass is 10.2. The van der Waals surface area contributed by atoms with Gasteiger partial charge in [0.1, 0.15) is 11.5 Å². The Balaban J connectivity index is 1.94. The molecule has 0 atom stereocenters. The van der Waals surface area contributed by atoms with Crippen LogP contribution < -0.4 is 5.32 Å². The molecule has 20 heavy (non-hydrogen) atoms. The molecule has 0 spiro atoms. The van der Waals surface area contributed by atoms with Crippen LogP contribution in [-0.4, -0.2) is 23.3 Å². The van der Waals surface area contributed by atoms with Gasteiger partial charge in [-0.3, -0.25) is 14.5 Å². The SMILES string of the molecule is CCCNCc1ccc(CN2C(=O)CCCCC2=O)o1. The zero-order valence-corrected chi connectivity index (χ0v) is 12.0. The molecule has 0 bridgehead atoms. The molecule has 0 unspecified atom stereocenters. The second kappa shape index (κ2) is 7.24. The van der Waals surface area contributed by atoms with E-state index in [1.54, 1.807) is 0 Å². The zero-order valence-electron chi connectivity index (χ0n) is 12.0. The summed E-state index contributed by atoms with van der Waals surface area (Å²) in [4.78, 5) is 25.1. The summed E-state index contributed by atoms with van der Waals surface area (Å²) in [6, 6.07) is 3.74. The maximum absolute atomic E-state index is 11.9. The fraction of sp³-hybridized carbons (Fsp3) is 0.600. The van der Waals surface area contributed by atoms with Crippen molar-refractivity contribution >= 4 is 11.8 Å². The molecular weight excluding hydrogens is 256 g/mol. The Morgan fingerprint density at radius 3 is 2.45 bits per heavy atom. The van der Waals surface area contributed by atoms with Gasteiger partial charge in [0.05, 0.1) is 13.1 Å². The van der Waals surface area contributed by atoms with Crippen molar-refractivity contribution in [3.63, 3.8) is 0 Å². The first-order chi connectivity index (χ1) is 9.70. The van der Waals surface area contributed by atoms with Gasteiger partial charge in [-0.2, -0.15) is 0 Å². The molecule has 1 N–H and O–H groups in total. The number of rotatable bonds is 6. The topological polar surface area (TPSA) is 62.6 Å². The fourth-order valence-electron chi connectivity index (χ4n) is 2.28. The van der Waals surface area contributed by atoms with Gasteiger partial charge in [-0.15, -0.1) is 0 Å². The van der Waals surface area contributed by atoms with Gasteiger partial charge in [-0.1, -0.05) is 6.92 Å². The second-order valence-corrected chi connectivity index (χ2v) is 5.13. The molecule has 5 nitrogen and oxygen atoms in total. The molecular formula is C15H22N2O3. The largest absolute Gasteiger partial charge is 0.463 e. The van der Waals surface area contributed by atoms with Crippen LogP contribution in [0.5, 0.6) is 0 Å². The van der Waals surface area contributed by atoms with Crippen LogP contribution in [0.15, 0.2) is 16.5 Å². The summed E-state index contributed by atoms with van der Waals surface area (Å²) in [7, 11) is 0. The van der Waals surface area contributed by atoms with Crippen molar-refractivity contribution in [3.05, 3.63) is 23.7 Å². The first kappa shape index (κ1) is 14.8. The third-order valence-electron chi connectivity index (χ3n) is 3.39. The number of nitrogens with one attached hydrogen (secondary N) is 1. The molecule has 0 saturated carbocycles. The summed E-state index contributed by atoms with van der Waals surface area (Å²) in [5.74, 6) is 1.33. The predicted molar refractivity (Wildman–Crippen MR) is 74.7 cm³/mol. The van der Waals surface area contributed by atoms with Gasteiger partial charge in [-0.05, 0) is 37.9 Å². The number of nitrogens with zero attached hydrogens (tertiary/aromatic N) is 1. The monoisotopic (exact) mass is 278 g/mol. The second-order valence-electron chi connectivity index (χ2n) is 5.13. The van der Waals surface area contributed by atoms with Gasteiger partial charge in [-0.25, -0.2) is 0 Å². The Hall–Kier alpha value is -1.62. The Bertz CT molecular complexity index is 449. The summed E-state index contributed by atoms with van der Waals surface area (Å²) >= 11 is 0. The van der Waals surface area contributed by atoms with Gasteiger partial charge in [0.25, 0.3) is 0 Å². The highest BCUT2D eigenvalue weighted by Crippen LogP contribution is 2.17. The standard InChI is InChI=1S/C15H22N2O3/c1-2-9-16-10-12-7-8-13(20-12)11-17-14(18)5-3-4-6-15(17)19/h7-8,16H,2-6,9-11H2,1H3. The molecule has 2 amide bonds. The minimum Gasteiger partial charge on any atom is -0.463 e. The highest BCUT2D eigenvalue weighted by molar-refractivity contribution is 5.95. The first-order valence-corrected chi connectivity index (χ1v) is 7.32. The van der Waals surface area contributed by atoms with E-state index in [1.807, 2.05) is 12.1 Å². The Kier molecular flexibility index (Phi) is 5.35. The smallest absolute Gasteiger partial charge is 0.229 e. The van der Waals surface area contributed by atoms with E-state index < -0.39 is 0 Å². The van der Waals surface area contributed by atoms with Crippen LogP contribution in [0.3, 0.4) is 0 Å². The quantitative estimate of drug-likeness (QED) is 0.640. The van der Waals surface area contributed by atoms with Crippen molar-refractivity contribution in [2.24, 2.45) is 0 Å². The van der Waals surface area contributed by atoms with Crippen molar-refractivity contribution in [1.82, 2.24) is 10.2 Å². The van der Waals surface area contributed by atoms with Crippen LogP contribution in [0.25, 0.3) is 0 Å². The van der Waals surface area contributed by atoms with Crippen molar-refractivity contribution in [2.45, 2.75) is 52.1 Å². The van der Waals surface area contributed by atoms with E-state index >= 15 is 0 Å². The van der Waals surface area contributed by atoms with Crippen LogP contribution >= 0.6 is 0 Å². The van der Waals surface area contributed by atoms with E-state index in [0.29, 0.717) is 25.1 Å². The average Bonchev–Trinajstić information content (AvgIpc) is 2.82. The molecule has 0 aliphatic carbocycles. The molecule has 110 valence electrons. The number of hydrogen-bond donors (Lipinski definition) is 1. The van der Waals surface area contributed by atoms with Crippen molar-refractivity contribution in [3.8, 4) is 0 Å². The zero-order chi connectivity index (χ0) is 14.4. The highest BCUT2D eigenvalue weighted by Gasteiger charge is 2.24. The number of furan rings is 1. The molecule has 2 heterocycles. The Morgan fingerprint density at radius 1 is 1.15 bits per heavy atom. The Labute approximate surface area is 119 Å². The van der Waals surface area contributed by atoms with Crippen molar-refractivity contribution in [1.29, 1.82) is 0 Å². The van der Waals surface area contributed by atoms with E-state index in [-0.39, 0.29) is 18.4 Å². The van der Waals surface area contributed by atoms with Crippen LogP contribution in [0.4, 0.5) is 0 Å². The number of carbonyl (C=O) groups excluding carboxylic acids is 2. The number of likely N-dealkylation sites (tertiary alicyclic amines) is 1. The predicted octanol–water partition coefficient (Wildman–Crippen LogP) is 2.21. The van der Waals surface area contributed by atoms with Crippen molar-refractivity contribution < 1.29 is 14.0 Å². The highest BCUT2D eigenvalue weighted by atomic mass is 16.3. The number of amides is 2. The summed E-state index contributed by atoms with van der Waals surface area (Å²) in [6.45, 7) is 3.98. The number of carbonyl (C=O) groups is 2. The van der Waals surface area contributed by atoms with E-state index in [9.17, 15) is 9.59 Å². The minimum absolute atomic E-state index is 0.0884. The van der Waals surface area contributed by atoms with E-state index in [2.05, 4.69) is 12.2 Å². The molecule has 1 aromatic heterocycles. The molecule has 0 aromatic carbocycles. The van der Waals surface area contributed by atoms with Gasteiger partial charge >= 0.3 is 0 Å². The van der Waals surface area contributed by atoms with Crippen LogP contribution in [0, 0.1) is 0 Å². The first-order valence-electron chi connectivity index (χ1n) is 7.32. The van der Waals surface area contributed by atoms with E-state index in [4.69, 9.17) is 4.42 Å². The average molecular weight is 278 g/mol. The number of hydrogen-bond acceptors (Lipinski definition) is 4. The molecule has 1 fully saturated rings. The molecule has 1 aliphatic heterocycles. The lowest BCUT2D eigenvalue weighted by molar-refractivity contribution is -0.144. The Morgan fingerprint density at radius 2 is 1.80 bits per heavy atom. The molecule has 5 heteroatoms. The lowest BCUT2D eigenvalue weighted by Gasteiger charge is -2.16. The molecule has 1 saturated heterocycles.